The molecule has 0 amide bonds. The highest BCUT2D eigenvalue weighted by Gasteiger charge is 1.99. The van der Waals surface area contributed by atoms with Gasteiger partial charge in [0.15, 0.2) is 5.11 Å². The Morgan fingerprint density at radius 2 is 1.73 bits per heavy atom. The molecule has 0 saturated heterocycles. The van der Waals surface area contributed by atoms with Crippen molar-refractivity contribution in [2.24, 2.45) is 5.73 Å². The van der Waals surface area contributed by atoms with Crippen LogP contribution in [0.3, 0.4) is 0 Å². The number of nitrogens with one attached hydrogen (secondary N) is 1. The van der Waals surface area contributed by atoms with E-state index in [1.807, 2.05) is 30.3 Å². The molecule has 0 fully saturated rings. The van der Waals surface area contributed by atoms with Crippen molar-refractivity contribution in [1.82, 2.24) is 0 Å². The number of benzene rings is 2. The van der Waals surface area contributed by atoms with E-state index in [1.54, 1.807) is 0 Å². The van der Waals surface area contributed by atoms with Crippen molar-refractivity contribution in [2.75, 3.05) is 5.32 Å². The van der Waals surface area contributed by atoms with E-state index in [4.69, 9.17) is 18.0 Å². The molecule has 15 heavy (non-hydrogen) atoms. The van der Waals surface area contributed by atoms with Crippen molar-refractivity contribution in [1.29, 1.82) is 0 Å². The molecule has 2 nitrogen and oxygen atoms in total. The zero-order valence-electron chi connectivity index (χ0n) is 8.03. The van der Waals surface area contributed by atoms with Crippen molar-refractivity contribution in [3.8, 4) is 0 Å². The lowest BCUT2D eigenvalue weighted by atomic mass is 10.1. The number of nitrogens with two attached hydrogens (primary N) is 1. The molecule has 0 unspecified atom stereocenters. The number of hydrogen-bond acceptors (Lipinski definition) is 1. The van der Waals surface area contributed by atoms with Gasteiger partial charge in [-0.2, -0.15) is 13.5 Å². The molecule has 0 aliphatic heterocycles. The van der Waals surface area contributed by atoms with E-state index in [0.717, 1.165) is 11.1 Å². The van der Waals surface area contributed by atoms with E-state index >= 15 is 0 Å². The average Bonchev–Trinajstić information content (AvgIpc) is 2.18. The highest BCUT2D eigenvalue weighted by atomic mass is 32.1. The fraction of sp³-hybridized carbons (Fsp3) is 0. The quantitative estimate of drug-likeness (QED) is 0.747. The molecule has 0 aliphatic carbocycles. The monoisotopic (exact) mass is 236 g/mol. The summed E-state index contributed by atoms with van der Waals surface area (Å²) in [6.45, 7) is 0. The topological polar surface area (TPSA) is 38.0 Å². The van der Waals surface area contributed by atoms with Crippen LogP contribution >= 0.6 is 25.7 Å². The van der Waals surface area contributed by atoms with Gasteiger partial charge in [0.05, 0.1) is 0 Å². The average molecular weight is 236 g/mol. The minimum Gasteiger partial charge on any atom is -0.376 e. The van der Waals surface area contributed by atoms with Gasteiger partial charge >= 0.3 is 0 Å². The summed E-state index contributed by atoms with van der Waals surface area (Å²) in [5, 5.41) is 5.55. The van der Waals surface area contributed by atoms with Crippen molar-refractivity contribution in [3.63, 3.8) is 0 Å². The predicted octanol–water partition coefficient (Wildman–Crippen LogP) is 2.61. The van der Waals surface area contributed by atoms with E-state index in [2.05, 4.69) is 17.4 Å². The van der Waals surface area contributed by atoms with E-state index < -0.39 is 0 Å². The van der Waals surface area contributed by atoms with Gasteiger partial charge in [-0.15, -0.1) is 0 Å². The highest BCUT2D eigenvalue weighted by Crippen LogP contribution is 2.22. The van der Waals surface area contributed by atoms with Crippen LogP contribution in [0.5, 0.6) is 0 Å². The lowest BCUT2D eigenvalue weighted by molar-refractivity contribution is 1.64. The number of hydrogen-bond donors (Lipinski definition) is 2. The van der Waals surface area contributed by atoms with Crippen LogP contribution in [0.1, 0.15) is 0 Å². The number of fused-ring (bicyclic) bond motifs is 1. The van der Waals surface area contributed by atoms with Crippen molar-refractivity contribution < 1.29 is 0 Å². The predicted molar refractivity (Wildman–Crippen MR) is 74.7 cm³/mol. The van der Waals surface area contributed by atoms with Crippen LogP contribution in [0.2, 0.25) is 0 Å². The molecule has 0 spiro atoms. The molecule has 0 radical (unpaired) electrons. The fourth-order valence-electron chi connectivity index (χ4n) is 1.47. The Bertz CT molecular complexity index is 477. The van der Waals surface area contributed by atoms with Crippen molar-refractivity contribution in [2.45, 2.75) is 0 Å². The largest absolute Gasteiger partial charge is 0.376 e. The lowest BCUT2D eigenvalue weighted by Gasteiger charge is -2.07. The van der Waals surface area contributed by atoms with Gasteiger partial charge < -0.3 is 11.1 Å². The van der Waals surface area contributed by atoms with Gasteiger partial charge in [-0.1, -0.05) is 36.4 Å². The normalized spacial score (nSPS) is 9.33. The molecular weight excluding hydrogens is 224 g/mol. The second-order valence-electron chi connectivity index (χ2n) is 3.02. The van der Waals surface area contributed by atoms with E-state index in [0.29, 0.717) is 5.11 Å². The molecule has 0 saturated carbocycles. The van der Waals surface area contributed by atoms with Crippen LogP contribution in [0.4, 0.5) is 5.69 Å². The van der Waals surface area contributed by atoms with Gasteiger partial charge in [0.2, 0.25) is 0 Å². The Kier molecular flexibility index (Phi) is 3.94. The van der Waals surface area contributed by atoms with Gasteiger partial charge in [-0.3, -0.25) is 0 Å². The minimum atomic E-state index is 0. The van der Waals surface area contributed by atoms with Gasteiger partial charge in [0.1, 0.15) is 0 Å². The smallest absolute Gasteiger partial charge is 0.168 e. The van der Waals surface area contributed by atoms with Crippen LogP contribution in [0, 0.1) is 0 Å². The maximum Gasteiger partial charge on any atom is 0.168 e. The molecule has 3 N–H and O–H groups in total. The van der Waals surface area contributed by atoms with Gasteiger partial charge in [0, 0.05) is 11.1 Å². The molecular formula is C11H12N2S2. The van der Waals surface area contributed by atoms with E-state index in [9.17, 15) is 0 Å². The first-order chi connectivity index (χ1) is 6.77. The first-order valence-electron chi connectivity index (χ1n) is 4.31. The SMILES string of the molecule is NC(=S)Nc1cccc2ccccc12.S. The number of anilines is 1. The van der Waals surface area contributed by atoms with Crippen LogP contribution in [-0.2, 0) is 0 Å². The first kappa shape index (κ1) is 11.8. The fourth-order valence-corrected chi connectivity index (χ4v) is 1.58. The van der Waals surface area contributed by atoms with E-state index in [-0.39, 0.29) is 13.5 Å². The van der Waals surface area contributed by atoms with Gasteiger partial charge in [-0.25, -0.2) is 0 Å². The summed E-state index contributed by atoms with van der Waals surface area (Å²) in [5.41, 5.74) is 6.39. The lowest BCUT2D eigenvalue weighted by Crippen LogP contribution is -2.18. The maximum absolute atomic E-state index is 5.44. The number of rotatable bonds is 1. The molecule has 2 rings (SSSR count). The highest BCUT2D eigenvalue weighted by molar-refractivity contribution is 7.80. The molecule has 0 bridgehead atoms. The van der Waals surface area contributed by atoms with Crippen LogP contribution in [-0.4, -0.2) is 5.11 Å². The summed E-state index contributed by atoms with van der Waals surface area (Å²) in [4.78, 5) is 0. The molecule has 0 aromatic heterocycles. The zero-order chi connectivity index (χ0) is 9.97. The second kappa shape index (κ2) is 5.00. The molecule has 2 aromatic carbocycles. The third kappa shape index (κ3) is 2.61. The maximum atomic E-state index is 5.44. The third-order valence-corrected chi connectivity index (χ3v) is 2.15. The molecule has 4 heteroatoms. The number of thiocarbonyl (C=S) groups is 1. The minimum absolute atomic E-state index is 0. The van der Waals surface area contributed by atoms with Crippen molar-refractivity contribution in [3.05, 3.63) is 42.5 Å². The Morgan fingerprint density at radius 1 is 1.07 bits per heavy atom. The Morgan fingerprint density at radius 3 is 2.47 bits per heavy atom. The summed E-state index contributed by atoms with van der Waals surface area (Å²) >= 11 is 4.81. The molecule has 78 valence electrons. The van der Waals surface area contributed by atoms with Crippen LogP contribution in [0.25, 0.3) is 10.8 Å². The van der Waals surface area contributed by atoms with Gasteiger partial charge in [-0.05, 0) is 23.7 Å². The molecule has 0 heterocycles. The summed E-state index contributed by atoms with van der Waals surface area (Å²) in [7, 11) is 0. The summed E-state index contributed by atoms with van der Waals surface area (Å²) in [6.07, 6.45) is 0. The van der Waals surface area contributed by atoms with E-state index in [1.165, 1.54) is 5.39 Å². The summed E-state index contributed by atoms with van der Waals surface area (Å²) < 4.78 is 0. The van der Waals surface area contributed by atoms with Gasteiger partial charge in [0.25, 0.3) is 0 Å². The second-order valence-corrected chi connectivity index (χ2v) is 3.46. The third-order valence-electron chi connectivity index (χ3n) is 2.05. The molecule has 2 aromatic rings. The Labute approximate surface area is 101 Å². The zero-order valence-corrected chi connectivity index (χ0v) is 9.84. The van der Waals surface area contributed by atoms with Crippen molar-refractivity contribution >= 4 is 47.3 Å². The summed E-state index contributed by atoms with van der Waals surface area (Å²) in [5.74, 6) is 0. The standard InChI is InChI=1S/C11H10N2S.H2S/c12-11(14)13-10-7-3-5-8-4-1-2-6-9(8)10;/h1-7H,(H3,12,13,14);1H2. The summed E-state index contributed by atoms with van der Waals surface area (Å²) in [6, 6.07) is 14.1. The Hall–Kier alpha value is -1.26. The van der Waals surface area contributed by atoms with Crippen LogP contribution in [0.15, 0.2) is 42.5 Å². The molecule has 0 atom stereocenters. The first-order valence-corrected chi connectivity index (χ1v) is 4.72. The van der Waals surface area contributed by atoms with Crippen LogP contribution < -0.4 is 11.1 Å². The Balaban J connectivity index is 0.00000112. The molecule has 0 aliphatic rings.